The van der Waals surface area contributed by atoms with Gasteiger partial charge in [0.1, 0.15) is 8.42 Å². The molecule has 0 radical (unpaired) electrons. The summed E-state index contributed by atoms with van der Waals surface area (Å²) in [6, 6.07) is 7.92. The second-order valence-electron chi connectivity index (χ2n) is 3.83. The second kappa shape index (κ2) is 4.09. The number of hydrogen-bond donors (Lipinski definition) is 0. The first-order valence-corrected chi connectivity index (χ1v) is 5.04. The smallest absolute Gasteiger partial charge is 0.201 e. The fraction of sp³-hybridized carbons (Fsp3) is 0.267. The van der Waals surface area contributed by atoms with E-state index < -0.39 is 13.7 Å². The summed E-state index contributed by atoms with van der Waals surface area (Å²) in [5, 5.41) is 0. The van der Waals surface area contributed by atoms with Gasteiger partial charge in [0, 0.05) is 25.4 Å². The van der Waals surface area contributed by atoms with E-state index in [1.165, 1.54) is 16.7 Å². The highest BCUT2D eigenvalue weighted by atomic mass is 14.9. The summed E-state index contributed by atoms with van der Waals surface area (Å²) < 4.78 is 54.3. The molecule has 0 spiro atoms. The number of hydrogen-bond acceptors (Lipinski definition) is 0. The molecule has 0 saturated heterocycles. The van der Waals surface area contributed by atoms with E-state index in [-0.39, 0.29) is 17.3 Å². The number of rotatable bonds is 1. The Hall–Kier alpha value is -1.63. The van der Waals surface area contributed by atoms with Crippen molar-refractivity contribution in [1.82, 2.24) is 0 Å². The van der Waals surface area contributed by atoms with Crippen molar-refractivity contribution in [3.05, 3.63) is 53.2 Å². The van der Waals surface area contributed by atoms with Gasteiger partial charge in [-0.1, -0.05) is 17.7 Å². The molecule has 1 heterocycles. The molecule has 0 fully saturated rings. The Kier molecular flexibility index (Phi) is 1.31. The van der Waals surface area contributed by atoms with E-state index in [1.54, 1.807) is 32.2 Å². The van der Waals surface area contributed by atoms with E-state index in [1.807, 2.05) is 0 Å². The van der Waals surface area contributed by atoms with Crippen LogP contribution in [-0.4, -0.2) is 0 Å². The topological polar surface area (TPSA) is 3.88 Å². The minimum absolute atomic E-state index is 0.0134. The van der Waals surface area contributed by atoms with Gasteiger partial charge in [0.2, 0.25) is 5.69 Å². The summed E-state index contributed by atoms with van der Waals surface area (Å²) in [4.78, 5) is 0. The molecular weight excluding hydrogens is 194 g/mol. The Morgan fingerprint density at radius 1 is 1.12 bits per heavy atom. The van der Waals surface area contributed by atoms with Crippen LogP contribution in [0, 0.1) is 20.6 Å². The van der Waals surface area contributed by atoms with Crippen LogP contribution in [0.3, 0.4) is 0 Å². The third-order valence-corrected chi connectivity index (χ3v) is 2.56. The van der Waals surface area contributed by atoms with Gasteiger partial charge in [-0.15, -0.1) is 0 Å². The summed E-state index contributed by atoms with van der Waals surface area (Å²) >= 11 is 0. The zero-order valence-electron chi connectivity index (χ0n) is 16.3. The fourth-order valence-electron chi connectivity index (χ4n) is 1.77. The van der Waals surface area contributed by atoms with Gasteiger partial charge in [-0.2, -0.15) is 0 Å². The molecule has 0 saturated carbocycles. The second-order valence-corrected chi connectivity index (χ2v) is 3.83. The van der Waals surface area contributed by atoms with Crippen molar-refractivity contribution in [2.45, 2.75) is 20.6 Å². The Morgan fingerprint density at radius 2 is 1.88 bits per heavy atom. The third-order valence-electron chi connectivity index (χ3n) is 2.56. The maximum atomic E-state index is 8.07. The average molecular weight is 219 g/mol. The predicted octanol–water partition coefficient (Wildman–Crippen LogP) is 3.10. The van der Waals surface area contributed by atoms with E-state index in [0.717, 1.165) is 11.1 Å². The van der Waals surface area contributed by atoms with Crippen LogP contribution < -0.4 is 4.57 Å². The molecule has 1 nitrogen and oxygen atoms in total. The molecule has 0 bridgehead atoms. The number of pyridine rings is 1. The fourth-order valence-corrected chi connectivity index (χ4v) is 1.77. The number of aromatic nitrogens is 1. The average Bonchev–Trinajstić information content (AvgIpc) is 2.39. The molecular formula is C15H18N+. The van der Waals surface area contributed by atoms with Crippen LogP contribution in [-0.2, 0) is 7.05 Å². The molecule has 1 aromatic carbocycles. The molecule has 0 unspecified atom stereocenters. The van der Waals surface area contributed by atoms with Gasteiger partial charge in [-0.3, -0.25) is 0 Å². The molecule has 1 aromatic heterocycles. The van der Waals surface area contributed by atoms with Crippen LogP contribution in [0.4, 0.5) is 0 Å². The minimum atomic E-state index is -2.34. The number of aryl methyl sites for hydroxylation is 3. The molecule has 0 aliphatic rings. The molecule has 0 aliphatic carbocycles. The first-order chi connectivity index (χ1) is 10.4. The third kappa shape index (κ3) is 1.99. The van der Waals surface area contributed by atoms with E-state index in [2.05, 4.69) is 0 Å². The van der Waals surface area contributed by atoms with Crippen molar-refractivity contribution in [3.63, 3.8) is 0 Å². The Balaban J connectivity index is 2.58. The molecule has 0 N–H and O–H groups in total. The highest BCUT2D eigenvalue weighted by Crippen LogP contribution is 2.21. The largest absolute Gasteiger partial charge is 0.212 e. The molecule has 0 amide bonds. The van der Waals surface area contributed by atoms with Crippen LogP contribution in [0.5, 0.6) is 0 Å². The van der Waals surface area contributed by atoms with Gasteiger partial charge in [0.05, 0.1) is 0 Å². The van der Waals surface area contributed by atoms with Gasteiger partial charge in [0.15, 0.2) is 6.17 Å². The molecule has 2 rings (SSSR count). The molecule has 1 heteroatoms. The lowest BCUT2D eigenvalue weighted by Crippen LogP contribution is -2.31. The minimum Gasteiger partial charge on any atom is -0.201 e. The highest BCUT2D eigenvalue weighted by Gasteiger charge is 2.11. The SMILES string of the molecule is [2H]c1c(C([2H])([2H])[2H])ccc(-c2ccc(C([2H])([2H])[2H])cc2C)[n+]1C. The Bertz CT molecular complexity index is 745. The van der Waals surface area contributed by atoms with Crippen LogP contribution in [0.25, 0.3) is 11.3 Å². The summed E-state index contributed by atoms with van der Waals surface area (Å²) in [6.07, 6.45) is -0.0817. The zero-order chi connectivity index (χ0) is 17.6. The van der Waals surface area contributed by atoms with E-state index >= 15 is 0 Å². The zero-order valence-corrected chi connectivity index (χ0v) is 9.33. The molecule has 0 atom stereocenters. The van der Waals surface area contributed by atoms with Crippen molar-refractivity contribution in [2.75, 3.05) is 0 Å². The van der Waals surface area contributed by atoms with E-state index in [0.29, 0.717) is 5.69 Å². The normalized spacial score (nSPS) is 18.5. The van der Waals surface area contributed by atoms with Crippen molar-refractivity contribution in [2.24, 2.45) is 7.05 Å². The van der Waals surface area contributed by atoms with Gasteiger partial charge in [-0.25, -0.2) is 4.57 Å². The molecule has 82 valence electrons. The summed E-state index contributed by atoms with van der Waals surface area (Å²) in [5.41, 5.74) is 2.44. The lowest BCUT2D eigenvalue weighted by atomic mass is 10.0. The number of nitrogens with zero attached hydrogens (tertiary/aromatic N) is 1. The van der Waals surface area contributed by atoms with Gasteiger partial charge in [-0.05, 0) is 38.3 Å². The van der Waals surface area contributed by atoms with Gasteiger partial charge < -0.3 is 0 Å². The maximum Gasteiger partial charge on any atom is 0.212 e. The highest BCUT2D eigenvalue weighted by molar-refractivity contribution is 5.61. The quantitative estimate of drug-likeness (QED) is 0.649. The van der Waals surface area contributed by atoms with Crippen LogP contribution in [0.2, 0.25) is 0 Å². The number of benzene rings is 1. The molecule has 0 aliphatic heterocycles. The van der Waals surface area contributed by atoms with Gasteiger partial charge >= 0.3 is 0 Å². The summed E-state index contributed by atoms with van der Waals surface area (Å²) in [7, 11) is 1.63. The first kappa shape index (κ1) is 5.13. The van der Waals surface area contributed by atoms with Crippen molar-refractivity contribution >= 4 is 0 Å². The van der Waals surface area contributed by atoms with Crippen LogP contribution in [0.1, 0.15) is 26.3 Å². The molecule has 2 aromatic rings. The van der Waals surface area contributed by atoms with Crippen molar-refractivity contribution in [1.29, 1.82) is 0 Å². The van der Waals surface area contributed by atoms with Gasteiger partial charge in [0.25, 0.3) is 0 Å². The Labute approximate surface area is 107 Å². The van der Waals surface area contributed by atoms with E-state index in [4.69, 9.17) is 9.60 Å². The predicted molar refractivity (Wildman–Crippen MR) is 67.3 cm³/mol. The first-order valence-electron chi connectivity index (χ1n) is 8.54. The summed E-state index contributed by atoms with van der Waals surface area (Å²) in [6.45, 7) is -2.71. The Morgan fingerprint density at radius 3 is 2.56 bits per heavy atom. The summed E-state index contributed by atoms with van der Waals surface area (Å²) in [5.74, 6) is 0. The monoisotopic (exact) mass is 219 g/mol. The standard InChI is InChI=1S/C15H18N/c1-11-5-7-14(13(3)9-11)15-8-6-12(2)10-16(15)4/h5-10H,1-4H3/q+1/i1D3,2D3,10D. The lowest BCUT2D eigenvalue weighted by Gasteiger charge is -2.05. The maximum absolute atomic E-state index is 8.07. The van der Waals surface area contributed by atoms with Crippen molar-refractivity contribution in [3.8, 4) is 11.3 Å². The van der Waals surface area contributed by atoms with Crippen LogP contribution in [0.15, 0.2) is 36.5 Å². The van der Waals surface area contributed by atoms with Crippen LogP contribution >= 0.6 is 0 Å². The van der Waals surface area contributed by atoms with Crippen molar-refractivity contribution < 1.29 is 14.2 Å². The van der Waals surface area contributed by atoms with E-state index in [9.17, 15) is 0 Å². The lowest BCUT2D eigenvalue weighted by molar-refractivity contribution is -0.660. The molecule has 16 heavy (non-hydrogen) atoms.